The molecule has 0 spiro atoms. The Morgan fingerprint density at radius 2 is 2.07 bits per heavy atom. The Morgan fingerprint density at radius 3 is 2.60 bits per heavy atom. The minimum atomic E-state index is -0.467. The molecule has 0 bridgehead atoms. The summed E-state index contributed by atoms with van der Waals surface area (Å²) in [5, 5.41) is 13.5. The van der Waals surface area contributed by atoms with Crippen molar-refractivity contribution in [1.82, 2.24) is 0 Å². The van der Waals surface area contributed by atoms with E-state index in [4.69, 9.17) is 11.6 Å². The summed E-state index contributed by atoms with van der Waals surface area (Å²) in [5.41, 5.74) is 0.497. The minimum absolute atomic E-state index is 0. The van der Waals surface area contributed by atoms with E-state index in [0.717, 1.165) is 6.08 Å². The second kappa shape index (κ2) is 6.90. The number of anilines is 1. The van der Waals surface area contributed by atoms with Crippen LogP contribution in [-0.4, -0.2) is 5.91 Å². The normalized spacial score (nSPS) is 10.4. The van der Waals surface area contributed by atoms with Crippen molar-refractivity contribution in [3.63, 3.8) is 0 Å². The van der Waals surface area contributed by atoms with Crippen LogP contribution in [0.5, 0.6) is 0 Å². The van der Waals surface area contributed by atoms with Crippen LogP contribution in [0.2, 0.25) is 5.02 Å². The summed E-state index contributed by atoms with van der Waals surface area (Å²) in [5.74, 6) is -0.764. The molecule has 0 aliphatic rings. The van der Waals surface area contributed by atoms with E-state index in [9.17, 15) is 9.90 Å². The van der Waals surface area contributed by atoms with E-state index in [1.165, 1.54) is 6.92 Å². The van der Waals surface area contributed by atoms with E-state index in [2.05, 4.69) is 5.32 Å². The van der Waals surface area contributed by atoms with Gasteiger partial charge in [0, 0.05) is 0 Å². The first-order chi connectivity index (χ1) is 6.59. The van der Waals surface area contributed by atoms with Gasteiger partial charge in [0.15, 0.2) is 0 Å². The average Bonchev–Trinajstić information content (AvgIpc) is 2.07. The maximum Gasteiger partial charge on any atom is 1.00 e. The molecular formula is C10H9ClNNaO2. The van der Waals surface area contributed by atoms with Crippen LogP contribution in [0.1, 0.15) is 6.92 Å². The largest absolute Gasteiger partial charge is 1.00 e. The molecule has 0 atom stereocenters. The summed E-state index contributed by atoms with van der Waals surface area (Å²) in [6, 6.07) is 6.82. The molecule has 74 valence electrons. The number of hydrogen-bond donors (Lipinski definition) is 1. The van der Waals surface area contributed by atoms with Crippen molar-refractivity contribution in [2.75, 3.05) is 5.32 Å². The first-order valence-electron chi connectivity index (χ1n) is 4.00. The summed E-state index contributed by atoms with van der Waals surface area (Å²) in [6.45, 7) is 1.31. The van der Waals surface area contributed by atoms with Crippen LogP contribution in [0.3, 0.4) is 0 Å². The Kier molecular flexibility index (Phi) is 6.68. The molecule has 0 aromatic heterocycles. The third-order valence-electron chi connectivity index (χ3n) is 1.47. The first-order valence-corrected chi connectivity index (χ1v) is 4.38. The number of benzene rings is 1. The number of rotatable bonds is 2. The van der Waals surface area contributed by atoms with Crippen molar-refractivity contribution >= 4 is 23.2 Å². The van der Waals surface area contributed by atoms with Gasteiger partial charge in [-0.15, -0.1) is 5.76 Å². The van der Waals surface area contributed by atoms with Crippen molar-refractivity contribution in [1.29, 1.82) is 0 Å². The number of halogens is 1. The van der Waals surface area contributed by atoms with E-state index < -0.39 is 5.91 Å². The molecule has 0 aliphatic carbocycles. The molecule has 5 heteroatoms. The Hall–Kier alpha value is -0.480. The maximum absolute atomic E-state index is 11.1. The third kappa shape index (κ3) is 5.23. The number of allylic oxidation sites excluding steroid dienone is 1. The molecular weight excluding hydrogens is 225 g/mol. The predicted octanol–water partition coefficient (Wildman–Crippen LogP) is -1.45. The van der Waals surface area contributed by atoms with Gasteiger partial charge in [-0.2, -0.15) is 0 Å². The van der Waals surface area contributed by atoms with Crippen LogP contribution in [0.15, 0.2) is 36.1 Å². The summed E-state index contributed by atoms with van der Waals surface area (Å²) >= 11 is 5.79. The van der Waals surface area contributed by atoms with Gasteiger partial charge in [0.2, 0.25) is 5.91 Å². The topological polar surface area (TPSA) is 52.2 Å². The van der Waals surface area contributed by atoms with Gasteiger partial charge in [-0.3, -0.25) is 4.79 Å². The molecule has 0 unspecified atom stereocenters. The molecule has 15 heavy (non-hydrogen) atoms. The zero-order valence-corrected chi connectivity index (χ0v) is 11.3. The molecule has 1 aromatic carbocycles. The summed E-state index contributed by atoms with van der Waals surface area (Å²) in [7, 11) is 0. The van der Waals surface area contributed by atoms with E-state index in [1.807, 2.05) is 0 Å². The smallest absolute Gasteiger partial charge is 0.875 e. The standard InChI is InChI=1S/C10H10ClNO2.Na/c1-7(13)6-10(14)12-9-5-3-2-4-8(9)11;/h2-6,13H,1H3,(H,12,14);/q;+1/p-1/b7-6-;. The van der Waals surface area contributed by atoms with Crippen molar-refractivity contribution < 1.29 is 39.5 Å². The Morgan fingerprint density at radius 1 is 1.47 bits per heavy atom. The molecule has 1 N–H and O–H groups in total. The van der Waals surface area contributed by atoms with Crippen LogP contribution in [0, 0.1) is 0 Å². The van der Waals surface area contributed by atoms with Gasteiger partial charge >= 0.3 is 29.6 Å². The maximum atomic E-state index is 11.1. The Balaban J connectivity index is 0.00000196. The molecule has 1 amide bonds. The Bertz CT molecular complexity index is 375. The molecule has 0 saturated carbocycles. The molecule has 1 aromatic rings. The van der Waals surface area contributed by atoms with Gasteiger partial charge in [-0.25, -0.2) is 0 Å². The van der Waals surface area contributed by atoms with Crippen LogP contribution in [0.25, 0.3) is 0 Å². The average molecular weight is 234 g/mol. The van der Waals surface area contributed by atoms with Gasteiger partial charge in [0.1, 0.15) is 0 Å². The van der Waals surface area contributed by atoms with Crippen LogP contribution in [0.4, 0.5) is 5.69 Å². The number of carbonyl (C=O) groups excluding carboxylic acids is 1. The zero-order chi connectivity index (χ0) is 10.6. The first kappa shape index (κ1) is 14.5. The summed E-state index contributed by atoms with van der Waals surface area (Å²) < 4.78 is 0. The summed E-state index contributed by atoms with van der Waals surface area (Å²) in [4.78, 5) is 11.1. The van der Waals surface area contributed by atoms with Crippen molar-refractivity contribution in [2.24, 2.45) is 0 Å². The molecule has 0 heterocycles. The third-order valence-corrected chi connectivity index (χ3v) is 1.80. The molecule has 0 saturated heterocycles. The fourth-order valence-electron chi connectivity index (χ4n) is 0.916. The number of amides is 1. The van der Waals surface area contributed by atoms with E-state index in [0.29, 0.717) is 10.7 Å². The second-order valence-corrected chi connectivity index (χ2v) is 3.13. The number of carbonyl (C=O) groups is 1. The van der Waals surface area contributed by atoms with E-state index in [-0.39, 0.29) is 35.3 Å². The van der Waals surface area contributed by atoms with Gasteiger partial charge in [-0.1, -0.05) is 30.7 Å². The van der Waals surface area contributed by atoms with Gasteiger partial charge in [0.05, 0.1) is 10.7 Å². The molecule has 3 nitrogen and oxygen atoms in total. The van der Waals surface area contributed by atoms with E-state index >= 15 is 0 Å². The SMILES string of the molecule is C/C([O-])=C/C(=O)Nc1ccccc1Cl.[Na+]. The van der Waals surface area contributed by atoms with Crippen LogP contribution in [-0.2, 0) is 4.79 Å². The second-order valence-electron chi connectivity index (χ2n) is 2.72. The fourth-order valence-corrected chi connectivity index (χ4v) is 1.10. The van der Waals surface area contributed by atoms with Crippen molar-refractivity contribution in [3.8, 4) is 0 Å². The van der Waals surface area contributed by atoms with E-state index in [1.54, 1.807) is 24.3 Å². The predicted molar refractivity (Wildman–Crippen MR) is 53.8 cm³/mol. The number of hydrogen-bond acceptors (Lipinski definition) is 2. The zero-order valence-electron chi connectivity index (χ0n) is 8.58. The van der Waals surface area contributed by atoms with Crippen LogP contribution < -0.4 is 40.0 Å². The fraction of sp³-hybridized carbons (Fsp3) is 0.100. The van der Waals surface area contributed by atoms with Crippen molar-refractivity contribution in [2.45, 2.75) is 6.92 Å². The number of nitrogens with one attached hydrogen (secondary N) is 1. The monoisotopic (exact) mass is 233 g/mol. The quantitative estimate of drug-likeness (QED) is 0.386. The summed E-state index contributed by atoms with van der Waals surface area (Å²) in [6.07, 6.45) is 0.976. The minimum Gasteiger partial charge on any atom is -0.875 e. The molecule has 0 fully saturated rings. The molecule has 0 aliphatic heterocycles. The van der Waals surface area contributed by atoms with Crippen LogP contribution >= 0.6 is 11.6 Å². The number of para-hydroxylation sites is 1. The van der Waals surface area contributed by atoms with Gasteiger partial charge in [0.25, 0.3) is 0 Å². The molecule has 1 rings (SSSR count). The Labute approximate surface area is 115 Å². The van der Waals surface area contributed by atoms with Crippen molar-refractivity contribution in [3.05, 3.63) is 41.1 Å². The van der Waals surface area contributed by atoms with Gasteiger partial charge < -0.3 is 10.4 Å². The van der Waals surface area contributed by atoms with Gasteiger partial charge in [-0.05, 0) is 18.2 Å². The molecule has 0 radical (unpaired) electrons.